The Morgan fingerprint density at radius 1 is 1.32 bits per heavy atom. The fourth-order valence-corrected chi connectivity index (χ4v) is 2.69. The van der Waals surface area contributed by atoms with Crippen molar-refractivity contribution in [1.82, 2.24) is 9.71 Å². The van der Waals surface area contributed by atoms with Crippen LogP contribution in [-0.4, -0.2) is 26.1 Å². The molecule has 100 valence electrons. The number of hydrogen-bond acceptors (Lipinski definition) is 5. The zero-order valence-corrected chi connectivity index (χ0v) is 11.0. The number of aromatic nitrogens is 1. The SMILES string of the molecule is CCOC(=O)NS(=O)(=O)c1cccc2cccnc12. The molecule has 0 aliphatic heterocycles. The van der Waals surface area contributed by atoms with Gasteiger partial charge in [0.25, 0.3) is 10.0 Å². The van der Waals surface area contributed by atoms with Crippen LogP contribution < -0.4 is 4.72 Å². The molecule has 19 heavy (non-hydrogen) atoms. The molecule has 0 spiro atoms. The van der Waals surface area contributed by atoms with Crippen molar-refractivity contribution < 1.29 is 17.9 Å². The molecule has 0 bridgehead atoms. The molecule has 0 unspecified atom stereocenters. The minimum absolute atomic E-state index is 0.0568. The van der Waals surface area contributed by atoms with E-state index in [-0.39, 0.29) is 11.5 Å². The summed E-state index contributed by atoms with van der Waals surface area (Å²) in [5.41, 5.74) is 0.307. The first-order chi connectivity index (χ1) is 9.04. The molecule has 0 aliphatic rings. The molecule has 0 radical (unpaired) electrons. The van der Waals surface area contributed by atoms with Crippen molar-refractivity contribution in [2.45, 2.75) is 11.8 Å². The van der Waals surface area contributed by atoms with E-state index in [1.807, 2.05) is 4.72 Å². The molecule has 2 aromatic rings. The summed E-state index contributed by atoms with van der Waals surface area (Å²) in [6, 6.07) is 8.16. The molecule has 1 aromatic carbocycles. The summed E-state index contributed by atoms with van der Waals surface area (Å²) in [5, 5.41) is 0.675. The number of hydrogen-bond donors (Lipinski definition) is 1. The third-order valence-corrected chi connectivity index (χ3v) is 3.72. The average molecular weight is 280 g/mol. The van der Waals surface area contributed by atoms with Crippen molar-refractivity contribution in [3.63, 3.8) is 0 Å². The molecule has 1 N–H and O–H groups in total. The molecule has 6 nitrogen and oxygen atoms in total. The van der Waals surface area contributed by atoms with Crippen LogP contribution in [0.15, 0.2) is 41.4 Å². The van der Waals surface area contributed by atoms with Crippen LogP contribution in [0.5, 0.6) is 0 Å². The number of fused-ring (bicyclic) bond motifs is 1. The van der Waals surface area contributed by atoms with E-state index >= 15 is 0 Å². The van der Waals surface area contributed by atoms with Crippen molar-refractivity contribution >= 4 is 27.0 Å². The molecule has 1 heterocycles. The lowest BCUT2D eigenvalue weighted by molar-refractivity contribution is 0.158. The summed E-state index contributed by atoms with van der Waals surface area (Å²) in [4.78, 5) is 15.2. The van der Waals surface area contributed by atoms with Crippen LogP contribution in [0.25, 0.3) is 10.9 Å². The van der Waals surface area contributed by atoms with Gasteiger partial charge in [0.15, 0.2) is 0 Å². The normalized spacial score (nSPS) is 11.2. The lowest BCUT2D eigenvalue weighted by Gasteiger charge is -2.08. The topological polar surface area (TPSA) is 85.4 Å². The second-order valence-corrected chi connectivity index (χ2v) is 5.31. The minimum Gasteiger partial charge on any atom is -0.449 e. The van der Waals surface area contributed by atoms with E-state index in [2.05, 4.69) is 9.72 Å². The van der Waals surface area contributed by atoms with Crippen LogP contribution in [0, 0.1) is 0 Å². The highest BCUT2D eigenvalue weighted by Crippen LogP contribution is 2.20. The summed E-state index contributed by atoms with van der Waals surface area (Å²) in [7, 11) is -4.00. The lowest BCUT2D eigenvalue weighted by atomic mass is 10.2. The number of amides is 1. The van der Waals surface area contributed by atoms with Gasteiger partial charge in [-0.05, 0) is 19.1 Å². The van der Waals surface area contributed by atoms with Gasteiger partial charge in [-0.25, -0.2) is 17.9 Å². The van der Waals surface area contributed by atoms with Gasteiger partial charge in [0.1, 0.15) is 4.90 Å². The van der Waals surface area contributed by atoms with E-state index in [4.69, 9.17) is 0 Å². The Morgan fingerprint density at radius 3 is 2.79 bits per heavy atom. The highest BCUT2D eigenvalue weighted by molar-refractivity contribution is 7.90. The van der Waals surface area contributed by atoms with Crippen molar-refractivity contribution in [3.8, 4) is 0 Å². The third kappa shape index (κ3) is 2.82. The number of rotatable bonds is 3. The molecule has 0 atom stereocenters. The quantitative estimate of drug-likeness (QED) is 0.924. The molecule has 0 saturated carbocycles. The number of carbonyl (C=O) groups is 1. The zero-order valence-electron chi connectivity index (χ0n) is 10.2. The van der Waals surface area contributed by atoms with Crippen LogP contribution in [0.1, 0.15) is 6.92 Å². The summed E-state index contributed by atoms with van der Waals surface area (Å²) in [6.07, 6.45) is 0.488. The first-order valence-electron chi connectivity index (χ1n) is 5.58. The number of nitrogens with one attached hydrogen (secondary N) is 1. The summed E-state index contributed by atoms with van der Waals surface area (Å²) < 4.78 is 30.6. The van der Waals surface area contributed by atoms with Gasteiger partial charge in [-0.3, -0.25) is 4.98 Å². The van der Waals surface area contributed by atoms with Gasteiger partial charge in [0.2, 0.25) is 0 Å². The van der Waals surface area contributed by atoms with Gasteiger partial charge in [0, 0.05) is 11.6 Å². The summed E-state index contributed by atoms with van der Waals surface area (Å²) >= 11 is 0. The number of nitrogens with zero attached hydrogens (tertiary/aromatic N) is 1. The first-order valence-corrected chi connectivity index (χ1v) is 7.06. The van der Waals surface area contributed by atoms with Crippen molar-refractivity contribution in [1.29, 1.82) is 0 Å². The van der Waals surface area contributed by atoms with Gasteiger partial charge >= 0.3 is 6.09 Å². The number of pyridine rings is 1. The van der Waals surface area contributed by atoms with E-state index in [1.165, 1.54) is 12.3 Å². The number of para-hydroxylation sites is 1. The molecular formula is C12H12N2O4S. The maximum absolute atomic E-state index is 12.1. The van der Waals surface area contributed by atoms with E-state index < -0.39 is 16.1 Å². The smallest absolute Gasteiger partial charge is 0.421 e. The second kappa shape index (κ2) is 5.23. The molecule has 1 aromatic heterocycles. The number of sulfonamides is 1. The van der Waals surface area contributed by atoms with Crippen LogP contribution in [0.3, 0.4) is 0 Å². The molecule has 0 saturated heterocycles. The highest BCUT2D eigenvalue weighted by atomic mass is 32.2. The molecule has 0 aliphatic carbocycles. The molecule has 1 amide bonds. The van der Waals surface area contributed by atoms with Gasteiger partial charge in [-0.15, -0.1) is 0 Å². The van der Waals surface area contributed by atoms with E-state index in [9.17, 15) is 13.2 Å². The van der Waals surface area contributed by atoms with Gasteiger partial charge in [-0.1, -0.05) is 18.2 Å². The summed E-state index contributed by atoms with van der Waals surface area (Å²) in [5.74, 6) is 0. The van der Waals surface area contributed by atoms with Crippen LogP contribution >= 0.6 is 0 Å². The second-order valence-electron chi connectivity index (χ2n) is 3.66. The predicted molar refractivity (Wildman–Crippen MR) is 69.1 cm³/mol. The Hall–Kier alpha value is -2.15. The van der Waals surface area contributed by atoms with Crippen LogP contribution in [0.2, 0.25) is 0 Å². The molecule has 2 rings (SSSR count). The van der Waals surface area contributed by atoms with Crippen LogP contribution in [-0.2, 0) is 14.8 Å². The zero-order chi connectivity index (χ0) is 13.9. The third-order valence-electron chi connectivity index (χ3n) is 2.38. The highest BCUT2D eigenvalue weighted by Gasteiger charge is 2.21. The van der Waals surface area contributed by atoms with Crippen LogP contribution in [0.4, 0.5) is 4.79 Å². The number of benzene rings is 1. The van der Waals surface area contributed by atoms with E-state index in [0.717, 1.165) is 0 Å². The molecule has 7 heteroatoms. The number of ether oxygens (including phenoxy) is 1. The monoisotopic (exact) mass is 280 g/mol. The molecule has 0 fully saturated rings. The predicted octanol–water partition coefficient (Wildman–Crippen LogP) is 1.67. The Balaban J connectivity index is 2.46. The maximum Gasteiger partial charge on any atom is 0.421 e. The number of carbonyl (C=O) groups excluding carboxylic acids is 1. The Labute approximate surface area is 110 Å². The van der Waals surface area contributed by atoms with Crippen molar-refractivity contribution in [2.24, 2.45) is 0 Å². The van der Waals surface area contributed by atoms with Gasteiger partial charge in [0.05, 0.1) is 12.1 Å². The largest absolute Gasteiger partial charge is 0.449 e. The lowest BCUT2D eigenvalue weighted by Crippen LogP contribution is -2.31. The van der Waals surface area contributed by atoms with Crippen molar-refractivity contribution in [3.05, 3.63) is 36.5 Å². The van der Waals surface area contributed by atoms with E-state index in [0.29, 0.717) is 10.9 Å². The van der Waals surface area contributed by atoms with Gasteiger partial charge < -0.3 is 4.74 Å². The van der Waals surface area contributed by atoms with Gasteiger partial charge in [-0.2, -0.15) is 0 Å². The molecular weight excluding hydrogens is 268 g/mol. The fourth-order valence-electron chi connectivity index (χ4n) is 1.62. The minimum atomic E-state index is -4.00. The Kier molecular flexibility index (Phi) is 3.66. The summed E-state index contributed by atoms with van der Waals surface area (Å²) in [6.45, 7) is 1.68. The Morgan fingerprint density at radius 2 is 2.05 bits per heavy atom. The maximum atomic E-state index is 12.1. The van der Waals surface area contributed by atoms with Crippen molar-refractivity contribution in [2.75, 3.05) is 6.61 Å². The van der Waals surface area contributed by atoms with E-state index in [1.54, 1.807) is 31.2 Å². The fraction of sp³-hybridized carbons (Fsp3) is 0.167. The standard InChI is InChI=1S/C12H12N2O4S/c1-2-18-12(15)14-19(16,17)10-7-3-5-9-6-4-8-13-11(9)10/h3-8H,2H2,1H3,(H,14,15). The Bertz CT molecular complexity index is 707. The first kappa shape index (κ1) is 13.3. The average Bonchev–Trinajstić information content (AvgIpc) is 2.37.